The number of benzene rings is 1. The van der Waals surface area contributed by atoms with Gasteiger partial charge in [0, 0.05) is 29.6 Å². The smallest absolute Gasteiger partial charge is 0.134 e. The first kappa shape index (κ1) is 9.71. The molecule has 2 rings (SSSR count). The maximum atomic E-state index is 13.4. The van der Waals surface area contributed by atoms with Crippen LogP contribution < -0.4 is 0 Å². The molecule has 1 heterocycles. The molecule has 0 aliphatic heterocycles. The van der Waals surface area contributed by atoms with Gasteiger partial charge < -0.3 is 0 Å². The Morgan fingerprint density at radius 3 is 2.33 bits per heavy atom. The fourth-order valence-corrected chi connectivity index (χ4v) is 1.32. The summed E-state index contributed by atoms with van der Waals surface area (Å²) in [5, 5.41) is 0. The molecular weight excluding hydrogens is 198 g/mol. The van der Waals surface area contributed by atoms with Crippen molar-refractivity contribution in [3.8, 4) is 11.1 Å². The van der Waals surface area contributed by atoms with Crippen LogP contribution in [0.5, 0.6) is 0 Å². The number of nitrogens with zero attached hydrogens (tertiary/aromatic N) is 2. The molecule has 1 aromatic carbocycles. The second-order valence-corrected chi connectivity index (χ2v) is 3.21. The Bertz CT molecular complexity index is 483. The lowest BCUT2D eigenvalue weighted by Crippen LogP contribution is -1.91. The lowest BCUT2D eigenvalue weighted by molar-refractivity contribution is 0.579. The number of rotatable bonds is 1. The van der Waals surface area contributed by atoms with Gasteiger partial charge in [-0.3, -0.25) is 0 Å². The van der Waals surface area contributed by atoms with E-state index in [0.717, 1.165) is 6.07 Å². The van der Waals surface area contributed by atoms with E-state index in [-0.39, 0.29) is 0 Å². The maximum absolute atomic E-state index is 13.4. The van der Waals surface area contributed by atoms with Crippen molar-refractivity contribution in [1.29, 1.82) is 0 Å². The molecular formula is C11H8F2N2. The summed E-state index contributed by atoms with van der Waals surface area (Å²) < 4.78 is 26.4. The van der Waals surface area contributed by atoms with Crippen molar-refractivity contribution in [3.05, 3.63) is 48.1 Å². The van der Waals surface area contributed by atoms with Crippen LogP contribution in [-0.4, -0.2) is 9.97 Å². The minimum Gasteiger partial charge on any atom is -0.244 e. The largest absolute Gasteiger partial charge is 0.244 e. The molecule has 0 fully saturated rings. The molecule has 2 aromatic rings. The number of hydrogen-bond acceptors (Lipinski definition) is 2. The zero-order chi connectivity index (χ0) is 10.8. The van der Waals surface area contributed by atoms with E-state index in [1.807, 2.05) is 0 Å². The van der Waals surface area contributed by atoms with Gasteiger partial charge in [0.1, 0.15) is 18.0 Å². The van der Waals surface area contributed by atoms with Gasteiger partial charge in [0.15, 0.2) is 0 Å². The number of halogens is 2. The minimum atomic E-state index is -0.604. The Balaban J connectivity index is 2.59. The molecule has 0 atom stereocenters. The number of aromatic nitrogens is 2. The molecule has 0 amide bonds. The molecule has 15 heavy (non-hydrogen) atoms. The zero-order valence-corrected chi connectivity index (χ0v) is 8.04. The van der Waals surface area contributed by atoms with Gasteiger partial charge >= 0.3 is 0 Å². The zero-order valence-electron chi connectivity index (χ0n) is 8.04. The summed E-state index contributed by atoms with van der Waals surface area (Å²) in [7, 11) is 0. The molecule has 4 heteroatoms. The van der Waals surface area contributed by atoms with Crippen LogP contribution >= 0.6 is 0 Å². The van der Waals surface area contributed by atoms with Gasteiger partial charge in [-0.2, -0.15) is 0 Å². The first-order chi connectivity index (χ1) is 7.18. The standard InChI is InChI=1S/C11H8F2N2/c1-7-2-9(11(13)3-10(7)12)8-4-14-6-15-5-8/h2-6H,1H3. The molecule has 2 nitrogen and oxygen atoms in total. The Labute approximate surface area is 85.6 Å². The molecule has 0 spiro atoms. The summed E-state index contributed by atoms with van der Waals surface area (Å²) in [4.78, 5) is 7.57. The van der Waals surface area contributed by atoms with Gasteiger partial charge in [-0.05, 0) is 18.6 Å². The monoisotopic (exact) mass is 206 g/mol. The summed E-state index contributed by atoms with van der Waals surface area (Å²) in [5.41, 5.74) is 1.25. The van der Waals surface area contributed by atoms with Crippen LogP contribution in [0.4, 0.5) is 8.78 Å². The lowest BCUT2D eigenvalue weighted by Gasteiger charge is -2.04. The average Bonchev–Trinajstić information content (AvgIpc) is 2.25. The molecule has 0 radical (unpaired) electrons. The predicted octanol–water partition coefficient (Wildman–Crippen LogP) is 2.73. The van der Waals surface area contributed by atoms with Gasteiger partial charge in [0.05, 0.1) is 0 Å². The van der Waals surface area contributed by atoms with Gasteiger partial charge in [0.25, 0.3) is 0 Å². The van der Waals surface area contributed by atoms with Gasteiger partial charge in [0.2, 0.25) is 0 Å². The second kappa shape index (κ2) is 3.73. The van der Waals surface area contributed by atoms with E-state index in [1.165, 1.54) is 24.8 Å². The predicted molar refractivity (Wildman–Crippen MR) is 52.1 cm³/mol. The minimum absolute atomic E-state index is 0.314. The molecule has 0 saturated heterocycles. The summed E-state index contributed by atoms with van der Waals surface area (Å²) in [5.74, 6) is -1.15. The molecule has 0 bridgehead atoms. The highest BCUT2D eigenvalue weighted by atomic mass is 19.1. The topological polar surface area (TPSA) is 25.8 Å². The third-order valence-electron chi connectivity index (χ3n) is 2.12. The summed E-state index contributed by atoms with van der Waals surface area (Å²) in [6.07, 6.45) is 4.34. The van der Waals surface area contributed by atoms with Crippen LogP contribution in [0, 0.1) is 18.6 Å². The van der Waals surface area contributed by atoms with Crippen LogP contribution in [0.25, 0.3) is 11.1 Å². The molecule has 0 aliphatic carbocycles. The lowest BCUT2D eigenvalue weighted by atomic mass is 10.1. The maximum Gasteiger partial charge on any atom is 0.134 e. The Kier molecular flexibility index (Phi) is 2.41. The quantitative estimate of drug-likeness (QED) is 0.716. The van der Waals surface area contributed by atoms with Crippen molar-refractivity contribution in [3.63, 3.8) is 0 Å². The summed E-state index contributed by atoms with van der Waals surface area (Å²) in [6, 6.07) is 2.32. The van der Waals surface area contributed by atoms with Crippen molar-refractivity contribution in [2.24, 2.45) is 0 Å². The molecule has 0 N–H and O–H groups in total. The van der Waals surface area contributed by atoms with Crippen molar-refractivity contribution >= 4 is 0 Å². The first-order valence-corrected chi connectivity index (χ1v) is 4.39. The summed E-state index contributed by atoms with van der Waals surface area (Å²) >= 11 is 0. The Morgan fingerprint density at radius 1 is 1.00 bits per heavy atom. The van der Waals surface area contributed by atoms with E-state index < -0.39 is 11.6 Å². The average molecular weight is 206 g/mol. The first-order valence-electron chi connectivity index (χ1n) is 4.39. The van der Waals surface area contributed by atoms with E-state index in [2.05, 4.69) is 9.97 Å². The van der Waals surface area contributed by atoms with Gasteiger partial charge in [-0.25, -0.2) is 18.7 Å². The number of aryl methyl sites for hydroxylation is 1. The van der Waals surface area contributed by atoms with E-state index in [1.54, 1.807) is 6.92 Å². The normalized spacial score (nSPS) is 10.3. The van der Waals surface area contributed by atoms with Gasteiger partial charge in [-0.15, -0.1) is 0 Å². The number of hydrogen-bond donors (Lipinski definition) is 0. The highest BCUT2D eigenvalue weighted by molar-refractivity contribution is 5.63. The third-order valence-corrected chi connectivity index (χ3v) is 2.12. The molecule has 76 valence electrons. The fourth-order valence-electron chi connectivity index (χ4n) is 1.32. The fraction of sp³-hybridized carbons (Fsp3) is 0.0909. The van der Waals surface area contributed by atoms with Crippen LogP contribution in [0.15, 0.2) is 30.9 Å². The highest BCUT2D eigenvalue weighted by Crippen LogP contribution is 2.23. The molecule has 1 aromatic heterocycles. The molecule has 0 saturated carbocycles. The van der Waals surface area contributed by atoms with E-state index in [9.17, 15) is 8.78 Å². The summed E-state index contributed by atoms with van der Waals surface area (Å²) in [6.45, 7) is 1.59. The van der Waals surface area contributed by atoms with Crippen LogP contribution in [0.3, 0.4) is 0 Å². The van der Waals surface area contributed by atoms with Crippen LogP contribution in [-0.2, 0) is 0 Å². The van der Waals surface area contributed by atoms with Gasteiger partial charge in [-0.1, -0.05) is 0 Å². The second-order valence-electron chi connectivity index (χ2n) is 3.21. The van der Waals surface area contributed by atoms with E-state index in [4.69, 9.17) is 0 Å². The van der Waals surface area contributed by atoms with Crippen LogP contribution in [0.2, 0.25) is 0 Å². The molecule has 0 aliphatic rings. The Morgan fingerprint density at radius 2 is 1.67 bits per heavy atom. The molecule has 0 unspecified atom stereocenters. The van der Waals surface area contributed by atoms with E-state index >= 15 is 0 Å². The van der Waals surface area contributed by atoms with Crippen molar-refractivity contribution in [2.75, 3.05) is 0 Å². The van der Waals surface area contributed by atoms with Crippen molar-refractivity contribution < 1.29 is 8.78 Å². The van der Waals surface area contributed by atoms with E-state index in [0.29, 0.717) is 16.7 Å². The van der Waals surface area contributed by atoms with Crippen LogP contribution in [0.1, 0.15) is 5.56 Å². The van der Waals surface area contributed by atoms with Crippen molar-refractivity contribution in [2.45, 2.75) is 6.92 Å². The Hall–Kier alpha value is -1.84. The SMILES string of the molecule is Cc1cc(-c2cncnc2)c(F)cc1F. The third kappa shape index (κ3) is 1.83. The van der Waals surface area contributed by atoms with Crippen molar-refractivity contribution in [1.82, 2.24) is 9.97 Å². The highest BCUT2D eigenvalue weighted by Gasteiger charge is 2.09.